The van der Waals surface area contributed by atoms with Gasteiger partial charge in [0.15, 0.2) is 0 Å². The Hall–Kier alpha value is -0.690. The molecule has 0 aromatic heterocycles. The van der Waals surface area contributed by atoms with Crippen molar-refractivity contribution in [2.45, 2.75) is 6.92 Å². The lowest BCUT2D eigenvalue weighted by atomic mass is 10.7. The Morgan fingerprint density at radius 2 is 1.56 bits per heavy atom. The van der Waals surface area contributed by atoms with Gasteiger partial charge in [-0.25, -0.2) is 4.79 Å². The van der Waals surface area contributed by atoms with Crippen LogP contribution in [-0.4, -0.2) is 63.9 Å². The Balaban J connectivity index is 3.01. The average Bonchev–Trinajstić information content (AvgIpc) is 2.27. The van der Waals surface area contributed by atoms with E-state index in [1.54, 1.807) is 6.92 Å². The van der Waals surface area contributed by atoms with Crippen molar-refractivity contribution < 1.29 is 28.8 Å². The molecule has 0 aliphatic carbocycles. The van der Waals surface area contributed by atoms with Crippen LogP contribution in [0.25, 0.3) is 0 Å². The summed E-state index contributed by atoms with van der Waals surface area (Å²) in [5, 5.41) is 8.41. The topological polar surface area (TPSA) is 74.2 Å². The van der Waals surface area contributed by atoms with Gasteiger partial charge in [-0.1, -0.05) is 0 Å². The molecule has 1 N–H and O–H groups in total. The smallest absolute Gasteiger partial charge is 0.332 e. The summed E-state index contributed by atoms with van der Waals surface area (Å²) >= 11 is 0. The first-order valence-electron chi connectivity index (χ1n) is 5.31. The van der Waals surface area contributed by atoms with Gasteiger partial charge in [0.2, 0.25) is 0 Å². The van der Waals surface area contributed by atoms with Crippen LogP contribution in [0.1, 0.15) is 6.92 Å². The Bertz CT molecular complexity index is 161. The molecular weight excluding hydrogens is 216 g/mol. The maximum Gasteiger partial charge on any atom is 0.332 e. The summed E-state index contributed by atoms with van der Waals surface area (Å²) in [4.78, 5) is 10.8. The van der Waals surface area contributed by atoms with Crippen LogP contribution in [-0.2, 0) is 23.7 Å². The number of aliphatic hydroxyl groups excluding tert-OH is 1. The maximum atomic E-state index is 10.8. The normalized spacial score (nSPS) is 10.4. The third-order valence-corrected chi connectivity index (χ3v) is 1.50. The standard InChI is InChI=1S/C10H20O6/c1-2-16-10(12)9-15-8-7-14-6-5-13-4-3-11/h11H,2-9H2,1H3. The molecule has 0 saturated carbocycles. The van der Waals surface area contributed by atoms with Crippen molar-refractivity contribution in [1.82, 2.24) is 0 Å². The van der Waals surface area contributed by atoms with E-state index in [-0.39, 0.29) is 19.2 Å². The van der Waals surface area contributed by atoms with E-state index in [9.17, 15) is 4.79 Å². The molecule has 0 heterocycles. The summed E-state index contributed by atoms with van der Waals surface area (Å²) in [5.74, 6) is -0.367. The summed E-state index contributed by atoms with van der Waals surface area (Å²) in [7, 11) is 0. The maximum absolute atomic E-state index is 10.8. The third-order valence-electron chi connectivity index (χ3n) is 1.50. The molecule has 0 aliphatic rings. The molecule has 0 rings (SSSR count). The highest BCUT2D eigenvalue weighted by molar-refractivity contribution is 5.70. The zero-order chi connectivity index (χ0) is 12.1. The molecule has 0 unspecified atom stereocenters. The minimum atomic E-state index is -0.367. The van der Waals surface area contributed by atoms with Gasteiger partial charge in [-0.2, -0.15) is 0 Å². The number of rotatable bonds is 11. The molecule has 0 spiro atoms. The summed E-state index contributed by atoms with van der Waals surface area (Å²) in [6.45, 7) is 4.04. The molecule has 96 valence electrons. The number of hydrogen-bond donors (Lipinski definition) is 1. The number of esters is 1. The van der Waals surface area contributed by atoms with E-state index in [1.807, 2.05) is 0 Å². The molecule has 0 amide bonds. The Kier molecular flexibility index (Phi) is 11.8. The van der Waals surface area contributed by atoms with Gasteiger partial charge in [0.05, 0.1) is 46.2 Å². The van der Waals surface area contributed by atoms with E-state index in [0.717, 1.165) is 0 Å². The van der Waals surface area contributed by atoms with Gasteiger partial charge in [0, 0.05) is 0 Å². The molecule has 6 heteroatoms. The first kappa shape index (κ1) is 15.3. The van der Waals surface area contributed by atoms with E-state index in [0.29, 0.717) is 39.6 Å². The molecule has 0 saturated heterocycles. The fourth-order valence-corrected chi connectivity index (χ4v) is 0.863. The Morgan fingerprint density at radius 1 is 1.00 bits per heavy atom. The number of carbonyl (C=O) groups is 1. The highest BCUT2D eigenvalue weighted by atomic mass is 16.6. The number of hydrogen-bond acceptors (Lipinski definition) is 6. The van der Waals surface area contributed by atoms with Crippen molar-refractivity contribution in [3.05, 3.63) is 0 Å². The van der Waals surface area contributed by atoms with Crippen molar-refractivity contribution in [2.75, 3.05) is 52.9 Å². The van der Waals surface area contributed by atoms with Crippen LogP contribution in [0.2, 0.25) is 0 Å². The van der Waals surface area contributed by atoms with Gasteiger partial charge >= 0.3 is 5.97 Å². The highest BCUT2D eigenvalue weighted by Crippen LogP contribution is 1.83. The third kappa shape index (κ3) is 11.4. The molecule has 0 aliphatic heterocycles. The average molecular weight is 236 g/mol. The Labute approximate surface area is 95.4 Å². The summed E-state index contributed by atoms with van der Waals surface area (Å²) in [5.41, 5.74) is 0. The van der Waals surface area contributed by atoms with Gasteiger partial charge in [-0.15, -0.1) is 0 Å². The van der Waals surface area contributed by atoms with Gasteiger partial charge in [0.25, 0.3) is 0 Å². The summed E-state index contributed by atoms with van der Waals surface area (Å²) in [6.07, 6.45) is 0. The first-order chi connectivity index (χ1) is 7.81. The molecule has 0 bridgehead atoms. The van der Waals surface area contributed by atoms with Crippen LogP contribution in [0.5, 0.6) is 0 Å². The zero-order valence-electron chi connectivity index (χ0n) is 9.65. The van der Waals surface area contributed by atoms with Gasteiger partial charge in [0.1, 0.15) is 6.61 Å². The molecule has 0 radical (unpaired) electrons. The van der Waals surface area contributed by atoms with E-state index in [2.05, 4.69) is 4.74 Å². The second kappa shape index (κ2) is 12.4. The van der Waals surface area contributed by atoms with Gasteiger partial charge in [-0.3, -0.25) is 0 Å². The van der Waals surface area contributed by atoms with E-state index < -0.39 is 0 Å². The SMILES string of the molecule is CCOC(=O)COCCOCCOCCO. The zero-order valence-corrected chi connectivity index (χ0v) is 9.65. The quantitative estimate of drug-likeness (QED) is 0.388. The van der Waals surface area contributed by atoms with Gasteiger partial charge in [-0.05, 0) is 6.92 Å². The summed E-state index contributed by atoms with van der Waals surface area (Å²) < 4.78 is 19.8. The summed E-state index contributed by atoms with van der Waals surface area (Å²) in [6, 6.07) is 0. The monoisotopic (exact) mass is 236 g/mol. The van der Waals surface area contributed by atoms with Crippen LogP contribution < -0.4 is 0 Å². The van der Waals surface area contributed by atoms with Crippen molar-refractivity contribution in [1.29, 1.82) is 0 Å². The lowest BCUT2D eigenvalue weighted by molar-refractivity contribution is -0.148. The predicted octanol–water partition coefficient (Wildman–Crippen LogP) is -0.408. The molecule has 0 aromatic carbocycles. The number of carbonyl (C=O) groups excluding carboxylic acids is 1. The largest absolute Gasteiger partial charge is 0.464 e. The fraction of sp³-hybridized carbons (Fsp3) is 0.900. The molecule has 0 atom stereocenters. The van der Waals surface area contributed by atoms with E-state index >= 15 is 0 Å². The first-order valence-corrected chi connectivity index (χ1v) is 5.31. The molecular formula is C10H20O6. The molecule has 6 nitrogen and oxygen atoms in total. The minimum absolute atomic E-state index is 0.0165. The minimum Gasteiger partial charge on any atom is -0.464 e. The van der Waals surface area contributed by atoms with Crippen molar-refractivity contribution in [2.24, 2.45) is 0 Å². The lowest BCUT2D eigenvalue weighted by Crippen LogP contribution is -2.16. The fourth-order valence-electron chi connectivity index (χ4n) is 0.863. The lowest BCUT2D eigenvalue weighted by Gasteiger charge is -2.05. The van der Waals surface area contributed by atoms with E-state index in [4.69, 9.17) is 19.3 Å². The van der Waals surface area contributed by atoms with Crippen LogP contribution in [0.3, 0.4) is 0 Å². The number of aliphatic hydroxyl groups is 1. The van der Waals surface area contributed by atoms with E-state index in [1.165, 1.54) is 0 Å². The van der Waals surface area contributed by atoms with Crippen LogP contribution in [0.4, 0.5) is 0 Å². The van der Waals surface area contributed by atoms with Crippen molar-refractivity contribution in [3.8, 4) is 0 Å². The van der Waals surface area contributed by atoms with Crippen LogP contribution in [0, 0.1) is 0 Å². The van der Waals surface area contributed by atoms with Gasteiger partial charge < -0.3 is 24.1 Å². The Morgan fingerprint density at radius 3 is 2.12 bits per heavy atom. The second-order valence-electron chi connectivity index (χ2n) is 2.81. The predicted molar refractivity (Wildman–Crippen MR) is 56.2 cm³/mol. The van der Waals surface area contributed by atoms with Crippen LogP contribution in [0.15, 0.2) is 0 Å². The number of ether oxygens (including phenoxy) is 4. The molecule has 0 aromatic rings. The van der Waals surface area contributed by atoms with Crippen molar-refractivity contribution >= 4 is 5.97 Å². The highest BCUT2D eigenvalue weighted by Gasteiger charge is 2.00. The van der Waals surface area contributed by atoms with Crippen molar-refractivity contribution in [3.63, 3.8) is 0 Å². The molecule has 16 heavy (non-hydrogen) atoms. The van der Waals surface area contributed by atoms with Crippen LogP contribution >= 0.6 is 0 Å². The second-order valence-corrected chi connectivity index (χ2v) is 2.81. The molecule has 0 fully saturated rings.